The van der Waals surface area contributed by atoms with Gasteiger partial charge in [0.1, 0.15) is 0 Å². The number of nitrogens with zero attached hydrogens (tertiary/aromatic N) is 3. The summed E-state index contributed by atoms with van der Waals surface area (Å²) in [5.74, 6) is 0.540. The van der Waals surface area contributed by atoms with Crippen LogP contribution >= 0.6 is 23.4 Å². The number of halogens is 1. The van der Waals surface area contributed by atoms with E-state index >= 15 is 0 Å². The van der Waals surface area contributed by atoms with Crippen molar-refractivity contribution in [1.82, 2.24) is 20.1 Å². The number of benzene rings is 2. The summed E-state index contributed by atoms with van der Waals surface area (Å²) in [5.41, 5.74) is 1.75. The van der Waals surface area contributed by atoms with Gasteiger partial charge in [0.15, 0.2) is 16.8 Å². The van der Waals surface area contributed by atoms with Crippen LogP contribution in [0.3, 0.4) is 0 Å². The van der Waals surface area contributed by atoms with Crippen LogP contribution < -0.4 is 5.32 Å². The molecule has 1 atom stereocenters. The quantitative estimate of drug-likeness (QED) is 0.523. The molecule has 8 heteroatoms. The van der Waals surface area contributed by atoms with E-state index in [-0.39, 0.29) is 23.4 Å². The first-order chi connectivity index (χ1) is 14.4. The van der Waals surface area contributed by atoms with Crippen LogP contribution in [0.5, 0.6) is 0 Å². The van der Waals surface area contributed by atoms with Crippen molar-refractivity contribution in [3.8, 4) is 17.1 Å². The van der Waals surface area contributed by atoms with Crippen molar-refractivity contribution in [2.45, 2.75) is 32.0 Å². The largest absolute Gasteiger partial charge is 0.345 e. The fourth-order valence-corrected chi connectivity index (χ4v) is 3.93. The first-order valence-corrected chi connectivity index (χ1v) is 10.9. The first-order valence-electron chi connectivity index (χ1n) is 9.56. The number of hydrogen-bond donors (Lipinski definition) is 1. The number of hydrogen-bond acceptors (Lipinski definition) is 5. The molecule has 0 aliphatic heterocycles. The molecule has 0 fully saturated rings. The Bertz CT molecular complexity index is 1020. The van der Waals surface area contributed by atoms with Gasteiger partial charge in [0, 0.05) is 16.3 Å². The summed E-state index contributed by atoms with van der Waals surface area (Å²) >= 11 is 7.29. The third-order valence-corrected chi connectivity index (χ3v) is 5.68. The SMILES string of the molecule is CC(=O)C(NC(=O)CSc1nnc(-c2ccc(Cl)cc2)n1-c1ccccc1)C(C)C. The van der Waals surface area contributed by atoms with E-state index < -0.39 is 6.04 Å². The van der Waals surface area contributed by atoms with Crippen LogP contribution in [0.1, 0.15) is 20.8 Å². The third-order valence-electron chi connectivity index (χ3n) is 4.50. The standard InChI is InChI=1S/C22H23ClN4O2S/c1-14(2)20(15(3)28)24-19(29)13-30-22-26-25-21(16-9-11-17(23)12-10-16)27(22)18-7-5-4-6-8-18/h4-12,14,20H,13H2,1-3H3,(H,24,29). The molecule has 1 aromatic heterocycles. The average molecular weight is 443 g/mol. The predicted molar refractivity (Wildman–Crippen MR) is 120 cm³/mol. The molecule has 1 unspecified atom stereocenters. The van der Waals surface area contributed by atoms with Gasteiger partial charge in [-0.2, -0.15) is 0 Å². The molecule has 0 aliphatic rings. The van der Waals surface area contributed by atoms with E-state index in [1.165, 1.54) is 18.7 Å². The minimum Gasteiger partial charge on any atom is -0.345 e. The molecule has 0 saturated carbocycles. The highest BCUT2D eigenvalue weighted by Crippen LogP contribution is 2.28. The van der Waals surface area contributed by atoms with Gasteiger partial charge in [-0.15, -0.1) is 10.2 Å². The molecular weight excluding hydrogens is 420 g/mol. The van der Waals surface area contributed by atoms with Crippen LogP contribution in [-0.2, 0) is 9.59 Å². The van der Waals surface area contributed by atoms with Crippen LogP contribution in [0, 0.1) is 5.92 Å². The van der Waals surface area contributed by atoms with Crippen LogP contribution in [0.2, 0.25) is 5.02 Å². The average Bonchev–Trinajstić information content (AvgIpc) is 3.15. The van der Waals surface area contributed by atoms with Gasteiger partial charge in [-0.05, 0) is 49.2 Å². The van der Waals surface area contributed by atoms with Gasteiger partial charge < -0.3 is 5.32 Å². The molecule has 0 bridgehead atoms. The van der Waals surface area contributed by atoms with Crippen LogP contribution in [0.4, 0.5) is 0 Å². The maximum Gasteiger partial charge on any atom is 0.231 e. The van der Waals surface area contributed by atoms with E-state index in [4.69, 9.17) is 11.6 Å². The smallest absolute Gasteiger partial charge is 0.231 e. The number of para-hydroxylation sites is 1. The molecule has 1 amide bonds. The van der Waals surface area contributed by atoms with Crippen LogP contribution in [0.25, 0.3) is 17.1 Å². The second kappa shape index (κ2) is 9.91. The second-order valence-electron chi connectivity index (χ2n) is 7.17. The topological polar surface area (TPSA) is 76.9 Å². The van der Waals surface area contributed by atoms with Gasteiger partial charge in [0.05, 0.1) is 11.8 Å². The van der Waals surface area contributed by atoms with E-state index in [2.05, 4.69) is 15.5 Å². The Balaban J connectivity index is 1.85. The molecule has 156 valence electrons. The zero-order valence-electron chi connectivity index (χ0n) is 17.0. The first kappa shape index (κ1) is 22.1. The lowest BCUT2D eigenvalue weighted by molar-refractivity contribution is -0.126. The minimum absolute atomic E-state index is 0.0286. The highest BCUT2D eigenvalue weighted by atomic mass is 35.5. The van der Waals surface area contributed by atoms with E-state index in [1.54, 1.807) is 12.1 Å². The zero-order chi connectivity index (χ0) is 21.7. The van der Waals surface area contributed by atoms with Crippen molar-refractivity contribution in [3.63, 3.8) is 0 Å². The number of ketones is 1. The molecule has 6 nitrogen and oxygen atoms in total. The fraction of sp³-hybridized carbons (Fsp3) is 0.273. The molecule has 3 aromatic rings. The third kappa shape index (κ3) is 5.29. The lowest BCUT2D eigenvalue weighted by Gasteiger charge is -2.19. The number of carbonyl (C=O) groups excluding carboxylic acids is 2. The fourth-order valence-electron chi connectivity index (χ4n) is 3.04. The number of thioether (sulfide) groups is 1. The van der Waals surface area contributed by atoms with Crippen molar-refractivity contribution < 1.29 is 9.59 Å². The molecule has 0 spiro atoms. The molecule has 30 heavy (non-hydrogen) atoms. The Kier molecular flexibility index (Phi) is 7.29. The summed E-state index contributed by atoms with van der Waals surface area (Å²) in [6, 6.07) is 16.6. The van der Waals surface area contributed by atoms with E-state index in [9.17, 15) is 9.59 Å². The number of amides is 1. The van der Waals surface area contributed by atoms with Gasteiger partial charge in [-0.25, -0.2) is 0 Å². The molecule has 0 aliphatic carbocycles. The Labute approximate surface area is 185 Å². The van der Waals surface area contributed by atoms with Crippen molar-refractivity contribution in [3.05, 3.63) is 59.6 Å². The highest BCUT2D eigenvalue weighted by Gasteiger charge is 2.22. The second-order valence-corrected chi connectivity index (χ2v) is 8.55. The van der Waals surface area contributed by atoms with Crippen molar-refractivity contribution >= 4 is 35.1 Å². The molecule has 3 rings (SSSR count). The van der Waals surface area contributed by atoms with Crippen molar-refractivity contribution in [2.24, 2.45) is 5.92 Å². The predicted octanol–water partition coefficient (Wildman–Crippen LogP) is 4.41. The Morgan fingerprint density at radius 2 is 1.73 bits per heavy atom. The maximum absolute atomic E-state index is 12.4. The van der Waals surface area contributed by atoms with Gasteiger partial charge >= 0.3 is 0 Å². The summed E-state index contributed by atoms with van der Waals surface area (Å²) < 4.78 is 1.91. The van der Waals surface area contributed by atoms with Gasteiger partial charge in [-0.3, -0.25) is 14.2 Å². The lowest BCUT2D eigenvalue weighted by Crippen LogP contribution is -2.44. The summed E-state index contributed by atoms with van der Waals surface area (Å²) in [4.78, 5) is 24.2. The molecular formula is C22H23ClN4O2S. The summed E-state index contributed by atoms with van der Waals surface area (Å²) in [6.45, 7) is 5.30. The lowest BCUT2D eigenvalue weighted by atomic mass is 10.0. The number of nitrogens with one attached hydrogen (secondary N) is 1. The molecule has 0 radical (unpaired) electrons. The molecule has 1 N–H and O–H groups in total. The van der Waals surface area contributed by atoms with Crippen LogP contribution in [0.15, 0.2) is 59.8 Å². The Hall–Kier alpha value is -2.64. The van der Waals surface area contributed by atoms with Crippen LogP contribution in [-0.4, -0.2) is 38.2 Å². The Morgan fingerprint density at radius 1 is 1.07 bits per heavy atom. The maximum atomic E-state index is 12.4. The van der Waals surface area contributed by atoms with E-state index in [1.807, 2.05) is 60.9 Å². The molecule has 0 saturated heterocycles. The van der Waals surface area contributed by atoms with E-state index in [0.717, 1.165) is 11.3 Å². The molecule has 1 heterocycles. The molecule has 2 aromatic carbocycles. The number of carbonyl (C=O) groups is 2. The zero-order valence-corrected chi connectivity index (χ0v) is 18.6. The van der Waals surface area contributed by atoms with Crippen molar-refractivity contribution in [1.29, 1.82) is 0 Å². The number of rotatable bonds is 8. The van der Waals surface area contributed by atoms with Crippen molar-refractivity contribution in [2.75, 3.05) is 5.75 Å². The summed E-state index contributed by atoms with van der Waals surface area (Å²) in [5, 5.41) is 12.7. The summed E-state index contributed by atoms with van der Waals surface area (Å²) in [6.07, 6.45) is 0. The van der Waals surface area contributed by atoms with Gasteiger partial charge in [0.25, 0.3) is 0 Å². The van der Waals surface area contributed by atoms with E-state index in [0.29, 0.717) is 16.0 Å². The highest BCUT2D eigenvalue weighted by molar-refractivity contribution is 7.99. The number of Topliss-reactive ketones (excluding diaryl/α,β-unsaturated/α-hetero) is 1. The summed E-state index contributed by atoms with van der Waals surface area (Å²) in [7, 11) is 0. The number of aromatic nitrogens is 3. The van der Waals surface area contributed by atoms with Gasteiger partial charge in [0.2, 0.25) is 5.91 Å². The Morgan fingerprint density at radius 3 is 2.33 bits per heavy atom. The monoisotopic (exact) mass is 442 g/mol. The van der Waals surface area contributed by atoms with Gasteiger partial charge in [-0.1, -0.05) is 55.4 Å². The minimum atomic E-state index is -0.491. The normalized spacial score (nSPS) is 12.0.